The van der Waals surface area contributed by atoms with Gasteiger partial charge in [0.2, 0.25) is 0 Å². The van der Waals surface area contributed by atoms with Crippen molar-refractivity contribution in [1.29, 1.82) is 5.26 Å². The summed E-state index contributed by atoms with van der Waals surface area (Å²) >= 11 is 0. The van der Waals surface area contributed by atoms with Gasteiger partial charge >= 0.3 is 0 Å². The summed E-state index contributed by atoms with van der Waals surface area (Å²) < 4.78 is 24.2. The Morgan fingerprint density at radius 1 is 1.50 bits per heavy atom. The van der Waals surface area contributed by atoms with Crippen molar-refractivity contribution in [3.05, 3.63) is 23.5 Å². The van der Waals surface area contributed by atoms with Crippen LogP contribution in [0.15, 0.2) is 12.1 Å². The lowest BCUT2D eigenvalue weighted by Gasteiger charge is -2.18. The van der Waals surface area contributed by atoms with Crippen molar-refractivity contribution in [2.75, 3.05) is 19.5 Å². The minimum absolute atomic E-state index is 0.0327. The van der Waals surface area contributed by atoms with E-state index in [1.165, 1.54) is 6.07 Å². The van der Waals surface area contributed by atoms with E-state index in [0.29, 0.717) is 19.4 Å². The van der Waals surface area contributed by atoms with Gasteiger partial charge in [0.1, 0.15) is 12.2 Å². The molecule has 5 heteroatoms. The van der Waals surface area contributed by atoms with Gasteiger partial charge in [0.15, 0.2) is 11.6 Å². The molecule has 18 heavy (non-hydrogen) atoms. The first-order valence-electron chi connectivity index (χ1n) is 5.77. The standard InChI is InChI=1S/C13H17FN2O2/c1-3-11(4-5-17-2)18-13-9(8-15)6-10(16)7-12(13)14/h6-7,11H,3-5,16H2,1-2H3. The lowest BCUT2D eigenvalue weighted by molar-refractivity contribution is 0.119. The Balaban J connectivity index is 2.92. The van der Waals surface area contributed by atoms with Crippen LogP contribution < -0.4 is 10.5 Å². The predicted octanol–water partition coefficient (Wildman–Crippen LogP) is 2.47. The molecule has 0 aliphatic heterocycles. The molecule has 4 nitrogen and oxygen atoms in total. The molecule has 0 spiro atoms. The van der Waals surface area contributed by atoms with Crippen LogP contribution in [0.25, 0.3) is 0 Å². The maximum Gasteiger partial charge on any atom is 0.173 e. The van der Waals surface area contributed by atoms with Crippen LogP contribution in [0.3, 0.4) is 0 Å². The van der Waals surface area contributed by atoms with Crippen LogP contribution in [-0.2, 0) is 4.74 Å². The van der Waals surface area contributed by atoms with Gasteiger partial charge in [-0.1, -0.05) is 6.92 Å². The van der Waals surface area contributed by atoms with E-state index in [2.05, 4.69) is 0 Å². The summed E-state index contributed by atoms with van der Waals surface area (Å²) in [5, 5.41) is 8.95. The van der Waals surface area contributed by atoms with Gasteiger partial charge in [-0.25, -0.2) is 4.39 Å². The maximum atomic E-state index is 13.7. The fourth-order valence-electron chi connectivity index (χ4n) is 1.58. The Bertz CT molecular complexity index is 443. The highest BCUT2D eigenvalue weighted by Gasteiger charge is 2.16. The number of ether oxygens (including phenoxy) is 2. The maximum absolute atomic E-state index is 13.7. The zero-order valence-electron chi connectivity index (χ0n) is 10.6. The molecule has 0 aliphatic carbocycles. The summed E-state index contributed by atoms with van der Waals surface area (Å²) in [6.07, 6.45) is 1.16. The van der Waals surface area contributed by atoms with Crippen molar-refractivity contribution in [1.82, 2.24) is 0 Å². The molecule has 1 rings (SSSR count). The number of benzene rings is 1. The third kappa shape index (κ3) is 3.60. The van der Waals surface area contributed by atoms with E-state index in [9.17, 15) is 4.39 Å². The Morgan fingerprint density at radius 3 is 2.78 bits per heavy atom. The Kier molecular flexibility index (Phi) is 5.40. The van der Waals surface area contributed by atoms with Crippen molar-refractivity contribution >= 4 is 5.69 Å². The molecule has 0 radical (unpaired) electrons. The molecule has 0 bridgehead atoms. The molecular weight excluding hydrogens is 235 g/mol. The molecule has 1 aromatic rings. The van der Waals surface area contributed by atoms with Crippen LogP contribution >= 0.6 is 0 Å². The van der Waals surface area contributed by atoms with E-state index in [0.717, 1.165) is 6.07 Å². The van der Waals surface area contributed by atoms with Gasteiger partial charge in [0.05, 0.1) is 5.56 Å². The number of hydrogen-bond acceptors (Lipinski definition) is 4. The van der Waals surface area contributed by atoms with E-state index < -0.39 is 5.82 Å². The monoisotopic (exact) mass is 252 g/mol. The van der Waals surface area contributed by atoms with E-state index in [1.807, 2.05) is 13.0 Å². The molecule has 0 aromatic heterocycles. The van der Waals surface area contributed by atoms with Gasteiger partial charge in [-0.05, 0) is 12.5 Å². The lowest BCUT2D eigenvalue weighted by atomic mass is 10.1. The molecule has 0 saturated heterocycles. The van der Waals surface area contributed by atoms with Gasteiger partial charge in [0, 0.05) is 31.9 Å². The minimum Gasteiger partial charge on any atom is -0.486 e. The number of methoxy groups -OCH3 is 1. The molecule has 1 aromatic carbocycles. The zero-order chi connectivity index (χ0) is 13.5. The van der Waals surface area contributed by atoms with Gasteiger partial charge in [-0.3, -0.25) is 0 Å². The number of rotatable bonds is 6. The topological polar surface area (TPSA) is 68.3 Å². The number of nitrogens with two attached hydrogens (primary N) is 1. The summed E-state index contributed by atoms with van der Waals surface area (Å²) in [5.74, 6) is -0.642. The van der Waals surface area contributed by atoms with Crippen molar-refractivity contribution in [3.8, 4) is 11.8 Å². The number of nitrogen functional groups attached to an aromatic ring is 1. The van der Waals surface area contributed by atoms with Crippen LogP contribution in [0, 0.1) is 17.1 Å². The average Bonchev–Trinajstić information content (AvgIpc) is 2.36. The molecule has 1 unspecified atom stereocenters. The number of hydrogen-bond donors (Lipinski definition) is 1. The van der Waals surface area contributed by atoms with Crippen LogP contribution in [0.2, 0.25) is 0 Å². The summed E-state index contributed by atoms with van der Waals surface area (Å²) in [6, 6.07) is 4.44. The third-order valence-corrected chi connectivity index (χ3v) is 2.57. The highest BCUT2D eigenvalue weighted by atomic mass is 19.1. The van der Waals surface area contributed by atoms with E-state index in [4.69, 9.17) is 20.5 Å². The van der Waals surface area contributed by atoms with Gasteiger partial charge < -0.3 is 15.2 Å². The second-order valence-corrected chi connectivity index (χ2v) is 3.92. The molecular formula is C13H17FN2O2. The Labute approximate surface area is 106 Å². The van der Waals surface area contributed by atoms with Gasteiger partial charge in [-0.15, -0.1) is 0 Å². The summed E-state index contributed by atoms with van der Waals surface area (Å²) in [5.41, 5.74) is 5.80. The number of anilines is 1. The average molecular weight is 252 g/mol. The summed E-state index contributed by atoms with van der Waals surface area (Å²) in [6.45, 7) is 2.46. The van der Waals surface area contributed by atoms with E-state index in [-0.39, 0.29) is 23.1 Å². The van der Waals surface area contributed by atoms with Crippen LogP contribution in [-0.4, -0.2) is 19.8 Å². The van der Waals surface area contributed by atoms with Crippen LogP contribution in [0.4, 0.5) is 10.1 Å². The number of nitrogens with zero attached hydrogens (tertiary/aromatic N) is 1. The summed E-state index contributed by atoms with van der Waals surface area (Å²) in [4.78, 5) is 0. The molecule has 0 amide bonds. The van der Waals surface area contributed by atoms with Crippen molar-refractivity contribution < 1.29 is 13.9 Å². The van der Waals surface area contributed by atoms with Crippen molar-refractivity contribution in [2.24, 2.45) is 0 Å². The Morgan fingerprint density at radius 2 is 2.22 bits per heavy atom. The lowest BCUT2D eigenvalue weighted by Crippen LogP contribution is -2.19. The quantitative estimate of drug-likeness (QED) is 0.790. The molecule has 0 fully saturated rings. The first-order chi connectivity index (χ1) is 8.62. The van der Waals surface area contributed by atoms with Crippen molar-refractivity contribution in [2.45, 2.75) is 25.9 Å². The third-order valence-electron chi connectivity index (χ3n) is 2.57. The SMILES string of the molecule is CCC(CCOC)Oc1c(F)cc(N)cc1C#N. The van der Waals surface area contributed by atoms with E-state index >= 15 is 0 Å². The largest absolute Gasteiger partial charge is 0.486 e. The fraction of sp³-hybridized carbons (Fsp3) is 0.462. The Hall–Kier alpha value is -1.80. The fourth-order valence-corrected chi connectivity index (χ4v) is 1.58. The van der Waals surface area contributed by atoms with Crippen molar-refractivity contribution in [3.63, 3.8) is 0 Å². The highest BCUT2D eigenvalue weighted by Crippen LogP contribution is 2.27. The normalized spacial score (nSPS) is 11.9. The first-order valence-corrected chi connectivity index (χ1v) is 5.77. The molecule has 0 saturated carbocycles. The van der Waals surface area contributed by atoms with Crippen LogP contribution in [0.1, 0.15) is 25.3 Å². The smallest absolute Gasteiger partial charge is 0.173 e. The predicted molar refractivity (Wildman–Crippen MR) is 66.7 cm³/mol. The second-order valence-electron chi connectivity index (χ2n) is 3.92. The van der Waals surface area contributed by atoms with Gasteiger partial charge in [0.25, 0.3) is 0 Å². The number of halogens is 1. The molecule has 98 valence electrons. The summed E-state index contributed by atoms with van der Waals surface area (Å²) in [7, 11) is 1.59. The highest BCUT2D eigenvalue weighted by molar-refractivity contribution is 5.54. The molecule has 0 heterocycles. The molecule has 1 atom stereocenters. The zero-order valence-corrected chi connectivity index (χ0v) is 10.6. The van der Waals surface area contributed by atoms with Crippen LogP contribution in [0.5, 0.6) is 5.75 Å². The minimum atomic E-state index is -0.609. The molecule has 2 N–H and O–H groups in total. The number of nitriles is 1. The second kappa shape index (κ2) is 6.82. The van der Waals surface area contributed by atoms with Gasteiger partial charge in [-0.2, -0.15) is 5.26 Å². The van der Waals surface area contributed by atoms with E-state index in [1.54, 1.807) is 7.11 Å². The first kappa shape index (κ1) is 14.3. The molecule has 0 aliphatic rings.